The number of benzene rings is 2. The average Bonchev–Trinajstić information content (AvgIpc) is 2.81. The molecule has 2 aromatic rings. The number of nitrogens with zero attached hydrogens (tertiary/aromatic N) is 4. The highest BCUT2D eigenvalue weighted by molar-refractivity contribution is 5.59. The Balaban J connectivity index is 1.80. The van der Waals surface area contributed by atoms with Gasteiger partial charge in [0.05, 0.1) is 36.9 Å². The fraction of sp³-hybridized carbons (Fsp3) is 0.250. The first-order valence-electron chi connectivity index (χ1n) is 7.08. The van der Waals surface area contributed by atoms with Gasteiger partial charge in [-0.05, 0) is 24.3 Å². The zero-order valence-electron chi connectivity index (χ0n) is 12.6. The molecule has 1 heterocycles. The summed E-state index contributed by atoms with van der Waals surface area (Å²) in [5.74, 6) is 0. The van der Waals surface area contributed by atoms with Crippen molar-refractivity contribution in [3.63, 3.8) is 0 Å². The van der Waals surface area contributed by atoms with Crippen molar-refractivity contribution in [2.45, 2.75) is 6.42 Å². The smallest absolute Gasteiger partial charge is 0.269 e. The summed E-state index contributed by atoms with van der Waals surface area (Å²) in [5.41, 5.74) is 4.09. The van der Waals surface area contributed by atoms with E-state index < -0.39 is 4.92 Å². The molecule has 22 heavy (non-hydrogen) atoms. The molecule has 0 radical (unpaired) electrons. The highest BCUT2D eigenvalue weighted by atomic mass is 16.6. The number of quaternary nitrogens is 1. The molecular weight excluding hydrogens is 280 g/mol. The summed E-state index contributed by atoms with van der Waals surface area (Å²) in [7, 11) is 4.40. The van der Waals surface area contributed by atoms with Gasteiger partial charge in [0.1, 0.15) is 5.69 Å². The minimum absolute atomic E-state index is 0.0523. The average molecular weight is 297 g/mol. The number of hydrogen-bond donors (Lipinski definition) is 0. The molecule has 0 saturated carbocycles. The van der Waals surface area contributed by atoms with Crippen LogP contribution in [0.25, 0.3) is 0 Å². The maximum atomic E-state index is 10.6. The first kappa shape index (κ1) is 14.3. The molecule has 0 aliphatic carbocycles. The SMILES string of the molecule is C[N+]1(C)CCc2cc(N=Nc3ccc([N+](=O)[O-])cc3)ccc21. The highest BCUT2D eigenvalue weighted by Crippen LogP contribution is 2.34. The number of nitro groups is 1. The molecule has 112 valence electrons. The molecule has 0 aromatic heterocycles. The summed E-state index contributed by atoms with van der Waals surface area (Å²) in [6.45, 7) is 1.10. The van der Waals surface area contributed by atoms with Gasteiger partial charge in [-0.15, -0.1) is 0 Å². The zero-order chi connectivity index (χ0) is 15.7. The summed E-state index contributed by atoms with van der Waals surface area (Å²) in [6, 6.07) is 12.2. The summed E-state index contributed by atoms with van der Waals surface area (Å²) >= 11 is 0. The third-order valence-corrected chi connectivity index (χ3v) is 4.00. The van der Waals surface area contributed by atoms with Crippen molar-refractivity contribution in [3.8, 4) is 0 Å². The van der Waals surface area contributed by atoms with Crippen molar-refractivity contribution >= 4 is 22.7 Å². The summed E-state index contributed by atoms with van der Waals surface area (Å²) in [5, 5.41) is 19.0. The van der Waals surface area contributed by atoms with E-state index in [-0.39, 0.29) is 5.69 Å². The molecule has 3 rings (SSSR count). The van der Waals surface area contributed by atoms with Crippen molar-refractivity contribution in [3.05, 3.63) is 58.1 Å². The van der Waals surface area contributed by atoms with E-state index in [4.69, 9.17) is 0 Å². The number of nitro benzene ring substituents is 1. The Bertz CT molecular complexity index is 751. The van der Waals surface area contributed by atoms with Crippen LogP contribution < -0.4 is 4.48 Å². The van der Waals surface area contributed by atoms with Crippen LogP contribution in [0.1, 0.15) is 5.56 Å². The summed E-state index contributed by atoms with van der Waals surface area (Å²) in [4.78, 5) is 10.2. The normalized spacial score (nSPS) is 15.9. The molecule has 2 aromatic carbocycles. The van der Waals surface area contributed by atoms with Gasteiger partial charge in [0.15, 0.2) is 0 Å². The lowest BCUT2D eigenvalue weighted by Crippen LogP contribution is -2.37. The molecule has 0 unspecified atom stereocenters. The van der Waals surface area contributed by atoms with Gasteiger partial charge in [-0.1, -0.05) is 0 Å². The number of fused-ring (bicyclic) bond motifs is 1. The van der Waals surface area contributed by atoms with E-state index in [0.717, 1.165) is 23.1 Å². The Morgan fingerprint density at radius 3 is 2.36 bits per heavy atom. The van der Waals surface area contributed by atoms with Crippen molar-refractivity contribution in [2.75, 3.05) is 20.6 Å². The fourth-order valence-electron chi connectivity index (χ4n) is 2.70. The maximum Gasteiger partial charge on any atom is 0.269 e. The fourth-order valence-corrected chi connectivity index (χ4v) is 2.70. The van der Waals surface area contributed by atoms with Crippen LogP contribution in [0.3, 0.4) is 0 Å². The van der Waals surface area contributed by atoms with Gasteiger partial charge in [0, 0.05) is 30.2 Å². The van der Waals surface area contributed by atoms with E-state index in [0.29, 0.717) is 5.69 Å². The van der Waals surface area contributed by atoms with Gasteiger partial charge < -0.3 is 0 Å². The Labute approximate surface area is 128 Å². The first-order valence-corrected chi connectivity index (χ1v) is 7.08. The Hall–Kier alpha value is -2.60. The number of rotatable bonds is 3. The number of likely N-dealkylation sites (N-methyl/N-ethyl adjacent to an activating group) is 1. The van der Waals surface area contributed by atoms with Gasteiger partial charge in [-0.3, -0.25) is 14.6 Å². The lowest BCUT2D eigenvalue weighted by Gasteiger charge is -2.23. The molecular formula is C16H17N4O2+. The second-order valence-electron chi connectivity index (χ2n) is 5.95. The molecule has 0 fully saturated rings. The lowest BCUT2D eigenvalue weighted by molar-refractivity contribution is -0.384. The van der Waals surface area contributed by atoms with Crippen molar-refractivity contribution < 1.29 is 4.92 Å². The molecule has 0 spiro atoms. The lowest BCUT2D eigenvalue weighted by atomic mass is 10.1. The minimum Gasteiger partial charge on any atom is -0.295 e. The van der Waals surface area contributed by atoms with Crippen LogP contribution in [-0.2, 0) is 6.42 Å². The molecule has 0 N–H and O–H groups in total. The van der Waals surface area contributed by atoms with Gasteiger partial charge in [0.25, 0.3) is 5.69 Å². The maximum absolute atomic E-state index is 10.6. The topological polar surface area (TPSA) is 67.9 Å². The number of non-ortho nitro benzene ring substituents is 1. The number of azo groups is 1. The van der Waals surface area contributed by atoms with Crippen LogP contribution in [0.5, 0.6) is 0 Å². The van der Waals surface area contributed by atoms with Crippen molar-refractivity contribution in [1.29, 1.82) is 0 Å². The standard InChI is InChI=1S/C16H17N4O2/c1-20(2)10-9-12-11-14(5-8-16(12)20)18-17-13-3-6-15(7-4-13)19(21)22/h3-8,11H,9-10H2,1-2H3/q+1. The van der Waals surface area contributed by atoms with E-state index in [1.165, 1.54) is 23.4 Å². The second kappa shape index (κ2) is 5.31. The quantitative estimate of drug-likeness (QED) is 0.370. The van der Waals surface area contributed by atoms with E-state index in [1.54, 1.807) is 12.1 Å². The highest BCUT2D eigenvalue weighted by Gasteiger charge is 2.29. The molecule has 0 bridgehead atoms. The van der Waals surface area contributed by atoms with Crippen LogP contribution in [0, 0.1) is 10.1 Å². The van der Waals surface area contributed by atoms with E-state index in [1.807, 2.05) is 6.07 Å². The summed E-state index contributed by atoms with van der Waals surface area (Å²) < 4.78 is 0.898. The van der Waals surface area contributed by atoms with E-state index >= 15 is 0 Å². The predicted molar refractivity (Wildman–Crippen MR) is 85.9 cm³/mol. The monoisotopic (exact) mass is 297 g/mol. The Morgan fingerprint density at radius 2 is 1.68 bits per heavy atom. The number of hydrogen-bond acceptors (Lipinski definition) is 4. The van der Waals surface area contributed by atoms with Crippen molar-refractivity contribution in [2.24, 2.45) is 10.2 Å². The second-order valence-corrected chi connectivity index (χ2v) is 5.95. The Kier molecular flexibility index (Phi) is 3.46. The first-order chi connectivity index (χ1) is 10.5. The third-order valence-electron chi connectivity index (χ3n) is 4.00. The predicted octanol–water partition coefficient (Wildman–Crippen LogP) is 4.13. The van der Waals surface area contributed by atoms with Gasteiger partial charge in [-0.2, -0.15) is 10.2 Å². The summed E-state index contributed by atoms with van der Waals surface area (Å²) in [6.07, 6.45) is 1.04. The largest absolute Gasteiger partial charge is 0.295 e. The van der Waals surface area contributed by atoms with Crippen LogP contribution in [0.2, 0.25) is 0 Å². The molecule has 0 atom stereocenters. The van der Waals surface area contributed by atoms with Crippen LogP contribution >= 0.6 is 0 Å². The van der Waals surface area contributed by atoms with Crippen LogP contribution in [0.4, 0.5) is 22.7 Å². The van der Waals surface area contributed by atoms with Gasteiger partial charge in [0.2, 0.25) is 0 Å². The molecule has 0 amide bonds. The molecule has 6 nitrogen and oxygen atoms in total. The molecule has 1 aliphatic heterocycles. The van der Waals surface area contributed by atoms with Gasteiger partial charge in [-0.25, -0.2) is 0 Å². The van der Waals surface area contributed by atoms with E-state index in [9.17, 15) is 10.1 Å². The minimum atomic E-state index is -0.429. The molecule has 1 aliphatic rings. The van der Waals surface area contributed by atoms with Gasteiger partial charge >= 0.3 is 0 Å². The van der Waals surface area contributed by atoms with Crippen molar-refractivity contribution in [1.82, 2.24) is 4.48 Å². The van der Waals surface area contributed by atoms with Crippen LogP contribution in [0.15, 0.2) is 52.7 Å². The zero-order valence-corrected chi connectivity index (χ0v) is 12.6. The third kappa shape index (κ3) is 2.73. The Morgan fingerprint density at radius 1 is 1.05 bits per heavy atom. The van der Waals surface area contributed by atoms with Crippen LogP contribution in [-0.4, -0.2) is 25.6 Å². The van der Waals surface area contributed by atoms with E-state index in [2.05, 4.69) is 36.5 Å². The molecule has 0 saturated heterocycles. The molecule has 6 heteroatoms.